The van der Waals surface area contributed by atoms with Gasteiger partial charge in [-0.3, -0.25) is 9.89 Å². The van der Waals surface area contributed by atoms with Crippen LogP contribution in [0.25, 0.3) is 11.3 Å². The molecule has 0 atom stereocenters. The van der Waals surface area contributed by atoms with Gasteiger partial charge in [-0.15, -0.1) is 0 Å². The second-order valence-corrected chi connectivity index (χ2v) is 3.73. The first-order valence-corrected chi connectivity index (χ1v) is 5.78. The summed E-state index contributed by atoms with van der Waals surface area (Å²) < 4.78 is 4.61. The highest BCUT2D eigenvalue weighted by Crippen LogP contribution is 2.20. The summed E-state index contributed by atoms with van der Waals surface area (Å²) in [4.78, 5) is 22.7. The standard InChI is InChI=1S/C13H13N3O3/c1-2-19-13(18)12(17)15-10-5-3-4-9(8-10)11-6-7-14-16-11/h3-8H,2H2,1H3,(H,14,16)(H,15,17). The van der Waals surface area contributed by atoms with Crippen molar-refractivity contribution >= 4 is 17.6 Å². The van der Waals surface area contributed by atoms with E-state index >= 15 is 0 Å². The first kappa shape index (κ1) is 12.8. The van der Waals surface area contributed by atoms with Gasteiger partial charge in [0.25, 0.3) is 0 Å². The van der Waals surface area contributed by atoms with Gasteiger partial charge in [0.05, 0.1) is 12.3 Å². The minimum atomic E-state index is -0.894. The number of esters is 1. The number of carbonyl (C=O) groups is 2. The van der Waals surface area contributed by atoms with Crippen LogP contribution in [0.4, 0.5) is 5.69 Å². The van der Waals surface area contributed by atoms with Crippen LogP contribution in [-0.4, -0.2) is 28.7 Å². The van der Waals surface area contributed by atoms with Crippen LogP contribution in [0.2, 0.25) is 0 Å². The summed E-state index contributed by atoms with van der Waals surface area (Å²) in [6.07, 6.45) is 1.64. The quantitative estimate of drug-likeness (QED) is 0.647. The number of amides is 1. The number of rotatable bonds is 3. The molecule has 0 saturated carbocycles. The second-order valence-electron chi connectivity index (χ2n) is 3.73. The van der Waals surface area contributed by atoms with E-state index < -0.39 is 11.9 Å². The highest BCUT2D eigenvalue weighted by Gasteiger charge is 2.14. The Morgan fingerprint density at radius 1 is 1.37 bits per heavy atom. The summed E-state index contributed by atoms with van der Waals surface area (Å²) in [7, 11) is 0. The summed E-state index contributed by atoms with van der Waals surface area (Å²) in [6, 6.07) is 8.89. The van der Waals surface area contributed by atoms with Crippen molar-refractivity contribution in [3.05, 3.63) is 36.5 Å². The van der Waals surface area contributed by atoms with E-state index in [2.05, 4.69) is 20.3 Å². The van der Waals surface area contributed by atoms with Gasteiger partial charge < -0.3 is 10.1 Å². The molecule has 1 heterocycles. The number of anilines is 1. The molecule has 0 aliphatic heterocycles. The monoisotopic (exact) mass is 259 g/mol. The third-order valence-corrected chi connectivity index (χ3v) is 2.39. The van der Waals surface area contributed by atoms with Crippen molar-refractivity contribution in [1.82, 2.24) is 10.2 Å². The summed E-state index contributed by atoms with van der Waals surface area (Å²) >= 11 is 0. The Balaban J connectivity index is 2.12. The van der Waals surface area contributed by atoms with E-state index in [1.807, 2.05) is 12.1 Å². The highest BCUT2D eigenvalue weighted by atomic mass is 16.5. The Morgan fingerprint density at radius 3 is 2.89 bits per heavy atom. The number of aromatic nitrogens is 2. The van der Waals surface area contributed by atoms with Crippen LogP contribution in [0.5, 0.6) is 0 Å². The summed E-state index contributed by atoms with van der Waals surface area (Å²) in [6.45, 7) is 1.81. The Labute approximate surface area is 109 Å². The normalized spacial score (nSPS) is 9.95. The molecule has 0 spiro atoms. The van der Waals surface area contributed by atoms with E-state index in [-0.39, 0.29) is 6.61 Å². The van der Waals surface area contributed by atoms with Crippen LogP contribution in [-0.2, 0) is 14.3 Å². The van der Waals surface area contributed by atoms with Crippen LogP contribution in [0.1, 0.15) is 6.92 Å². The molecule has 6 nitrogen and oxygen atoms in total. The van der Waals surface area contributed by atoms with Gasteiger partial charge in [-0.2, -0.15) is 5.10 Å². The summed E-state index contributed by atoms with van der Waals surface area (Å²) in [5.74, 6) is -1.68. The van der Waals surface area contributed by atoms with E-state index in [4.69, 9.17) is 0 Å². The molecule has 0 saturated heterocycles. The van der Waals surface area contributed by atoms with Crippen molar-refractivity contribution in [3.63, 3.8) is 0 Å². The minimum absolute atomic E-state index is 0.167. The van der Waals surface area contributed by atoms with Crippen LogP contribution in [0, 0.1) is 0 Å². The highest BCUT2D eigenvalue weighted by molar-refractivity contribution is 6.37. The minimum Gasteiger partial charge on any atom is -0.459 e. The van der Waals surface area contributed by atoms with E-state index in [1.54, 1.807) is 31.3 Å². The molecule has 0 fully saturated rings. The average Bonchev–Trinajstić information content (AvgIpc) is 2.93. The molecule has 19 heavy (non-hydrogen) atoms. The molecule has 0 aliphatic rings. The number of ether oxygens (including phenoxy) is 1. The van der Waals surface area contributed by atoms with Gasteiger partial charge in [0.2, 0.25) is 0 Å². The number of benzene rings is 1. The first-order chi connectivity index (χ1) is 9.20. The molecular formula is C13H13N3O3. The second kappa shape index (κ2) is 5.81. The maximum Gasteiger partial charge on any atom is 0.397 e. The lowest BCUT2D eigenvalue weighted by atomic mass is 10.1. The zero-order valence-electron chi connectivity index (χ0n) is 10.3. The third-order valence-electron chi connectivity index (χ3n) is 2.39. The lowest BCUT2D eigenvalue weighted by molar-refractivity contribution is -0.152. The molecule has 6 heteroatoms. The molecule has 2 aromatic rings. The molecule has 2 N–H and O–H groups in total. The van der Waals surface area contributed by atoms with E-state index in [1.165, 1.54) is 0 Å². The zero-order chi connectivity index (χ0) is 13.7. The van der Waals surface area contributed by atoms with Crippen LogP contribution in [0.15, 0.2) is 36.5 Å². The Hall–Kier alpha value is -2.63. The van der Waals surface area contributed by atoms with E-state index in [9.17, 15) is 9.59 Å². The van der Waals surface area contributed by atoms with Crippen molar-refractivity contribution in [3.8, 4) is 11.3 Å². The maximum absolute atomic E-state index is 11.5. The van der Waals surface area contributed by atoms with Gasteiger partial charge in [-0.05, 0) is 25.1 Å². The number of H-pyrrole nitrogens is 1. The predicted molar refractivity (Wildman–Crippen MR) is 69.3 cm³/mol. The van der Waals surface area contributed by atoms with Crippen molar-refractivity contribution in [2.24, 2.45) is 0 Å². The molecule has 98 valence electrons. The lowest BCUT2D eigenvalue weighted by Gasteiger charge is -2.06. The maximum atomic E-state index is 11.5. The number of nitrogens with zero attached hydrogens (tertiary/aromatic N) is 1. The fourth-order valence-corrected chi connectivity index (χ4v) is 1.56. The molecule has 1 amide bonds. The van der Waals surface area contributed by atoms with Gasteiger partial charge in [0.1, 0.15) is 0 Å². The molecule has 0 bridgehead atoms. The number of nitrogens with one attached hydrogen (secondary N) is 2. The SMILES string of the molecule is CCOC(=O)C(=O)Nc1cccc(-c2ccn[nH]2)c1. The molecule has 0 unspecified atom stereocenters. The summed E-state index contributed by atoms with van der Waals surface area (Å²) in [5, 5.41) is 9.16. The van der Waals surface area contributed by atoms with Gasteiger partial charge in [0, 0.05) is 17.4 Å². The van der Waals surface area contributed by atoms with Gasteiger partial charge >= 0.3 is 11.9 Å². The Bertz CT molecular complexity index is 579. The number of carbonyl (C=O) groups excluding carboxylic acids is 2. The average molecular weight is 259 g/mol. The zero-order valence-corrected chi connectivity index (χ0v) is 10.3. The molecule has 1 aromatic heterocycles. The largest absolute Gasteiger partial charge is 0.459 e. The summed E-state index contributed by atoms with van der Waals surface area (Å²) in [5.41, 5.74) is 2.21. The topological polar surface area (TPSA) is 84.1 Å². The van der Waals surface area contributed by atoms with E-state index in [0.717, 1.165) is 11.3 Å². The first-order valence-electron chi connectivity index (χ1n) is 5.78. The van der Waals surface area contributed by atoms with Gasteiger partial charge in [-0.1, -0.05) is 12.1 Å². The fourth-order valence-electron chi connectivity index (χ4n) is 1.56. The van der Waals surface area contributed by atoms with Crippen LogP contribution >= 0.6 is 0 Å². The number of hydrogen-bond donors (Lipinski definition) is 2. The molecule has 0 aliphatic carbocycles. The molecule has 0 radical (unpaired) electrons. The van der Waals surface area contributed by atoms with Crippen molar-refractivity contribution in [1.29, 1.82) is 0 Å². The molecule has 2 rings (SSSR count). The Morgan fingerprint density at radius 2 is 2.21 bits per heavy atom. The fraction of sp³-hybridized carbons (Fsp3) is 0.154. The number of hydrogen-bond acceptors (Lipinski definition) is 4. The van der Waals surface area contributed by atoms with Gasteiger partial charge in [-0.25, -0.2) is 4.79 Å². The van der Waals surface area contributed by atoms with E-state index in [0.29, 0.717) is 5.69 Å². The Kier molecular flexibility index (Phi) is 3.92. The lowest BCUT2D eigenvalue weighted by Crippen LogP contribution is -2.24. The number of aromatic amines is 1. The predicted octanol–water partition coefficient (Wildman–Crippen LogP) is 1.58. The van der Waals surface area contributed by atoms with Crippen LogP contribution < -0.4 is 5.32 Å². The van der Waals surface area contributed by atoms with Crippen molar-refractivity contribution in [2.75, 3.05) is 11.9 Å². The third kappa shape index (κ3) is 3.19. The van der Waals surface area contributed by atoms with Crippen molar-refractivity contribution < 1.29 is 14.3 Å². The van der Waals surface area contributed by atoms with Crippen LogP contribution in [0.3, 0.4) is 0 Å². The molecule has 1 aromatic carbocycles. The van der Waals surface area contributed by atoms with Gasteiger partial charge in [0.15, 0.2) is 0 Å². The molecular weight excluding hydrogens is 246 g/mol. The smallest absolute Gasteiger partial charge is 0.397 e. The van der Waals surface area contributed by atoms with Crippen molar-refractivity contribution in [2.45, 2.75) is 6.92 Å².